The lowest BCUT2D eigenvalue weighted by Gasteiger charge is -2.34. The van der Waals surface area contributed by atoms with E-state index in [-0.39, 0.29) is 0 Å². The van der Waals surface area contributed by atoms with Crippen LogP contribution in [0.2, 0.25) is 0 Å². The molecule has 1 aliphatic heterocycles. The van der Waals surface area contributed by atoms with Gasteiger partial charge in [-0.3, -0.25) is 0 Å². The Bertz CT molecular complexity index is 181. The SMILES string of the molecule is CC1CC(NCC(C)CN2CCCC2)C1. The van der Waals surface area contributed by atoms with Crippen LogP contribution in [0.4, 0.5) is 0 Å². The fourth-order valence-electron chi connectivity index (χ4n) is 2.91. The molecule has 1 N–H and O–H groups in total. The molecule has 1 unspecified atom stereocenters. The van der Waals surface area contributed by atoms with E-state index < -0.39 is 0 Å². The van der Waals surface area contributed by atoms with Gasteiger partial charge in [-0.25, -0.2) is 0 Å². The average Bonchev–Trinajstić information content (AvgIpc) is 2.63. The van der Waals surface area contributed by atoms with Gasteiger partial charge in [0.1, 0.15) is 0 Å². The van der Waals surface area contributed by atoms with Gasteiger partial charge in [0.05, 0.1) is 0 Å². The Morgan fingerprint density at radius 2 is 1.93 bits per heavy atom. The summed E-state index contributed by atoms with van der Waals surface area (Å²) in [5.74, 6) is 1.79. The summed E-state index contributed by atoms with van der Waals surface area (Å²) in [6.07, 6.45) is 5.63. The minimum absolute atomic E-state index is 0.819. The van der Waals surface area contributed by atoms with Gasteiger partial charge in [-0.1, -0.05) is 13.8 Å². The van der Waals surface area contributed by atoms with Crippen molar-refractivity contribution in [1.82, 2.24) is 10.2 Å². The van der Waals surface area contributed by atoms with Crippen molar-refractivity contribution in [2.75, 3.05) is 26.2 Å². The molecule has 15 heavy (non-hydrogen) atoms. The molecule has 1 heterocycles. The maximum atomic E-state index is 3.70. The van der Waals surface area contributed by atoms with Gasteiger partial charge in [-0.2, -0.15) is 0 Å². The molecule has 0 bridgehead atoms. The van der Waals surface area contributed by atoms with Crippen LogP contribution in [0.5, 0.6) is 0 Å². The van der Waals surface area contributed by atoms with Crippen LogP contribution in [0.15, 0.2) is 0 Å². The summed E-state index contributed by atoms with van der Waals surface area (Å²) in [4.78, 5) is 2.62. The Balaban J connectivity index is 1.54. The van der Waals surface area contributed by atoms with E-state index in [1.807, 2.05) is 0 Å². The Morgan fingerprint density at radius 1 is 1.27 bits per heavy atom. The molecule has 0 aromatic rings. The van der Waals surface area contributed by atoms with Crippen LogP contribution in [0.25, 0.3) is 0 Å². The molecular formula is C13H26N2. The van der Waals surface area contributed by atoms with Crippen LogP contribution in [0, 0.1) is 11.8 Å². The maximum Gasteiger partial charge on any atom is 0.00722 e. The molecule has 2 nitrogen and oxygen atoms in total. The van der Waals surface area contributed by atoms with Gasteiger partial charge in [0.15, 0.2) is 0 Å². The third-order valence-corrected chi connectivity index (χ3v) is 3.90. The van der Waals surface area contributed by atoms with Crippen molar-refractivity contribution in [1.29, 1.82) is 0 Å². The lowest BCUT2D eigenvalue weighted by atomic mass is 9.82. The minimum atomic E-state index is 0.819. The van der Waals surface area contributed by atoms with Crippen molar-refractivity contribution in [2.45, 2.75) is 45.6 Å². The quantitative estimate of drug-likeness (QED) is 0.747. The van der Waals surface area contributed by atoms with Gasteiger partial charge in [0, 0.05) is 12.6 Å². The van der Waals surface area contributed by atoms with E-state index >= 15 is 0 Å². The summed E-state index contributed by atoms with van der Waals surface area (Å²) >= 11 is 0. The first-order valence-electron chi connectivity index (χ1n) is 6.70. The second-order valence-electron chi connectivity index (χ2n) is 5.79. The smallest absolute Gasteiger partial charge is 0.00722 e. The number of likely N-dealkylation sites (tertiary alicyclic amines) is 1. The third-order valence-electron chi connectivity index (χ3n) is 3.90. The molecule has 2 aliphatic rings. The molecule has 2 fully saturated rings. The lowest BCUT2D eigenvalue weighted by molar-refractivity contribution is 0.218. The van der Waals surface area contributed by atoms with Gasteiger partial charge in [0.2, 0.25) is 0 Å². The molecule has 0 radical (unpaired) electrons. The van der Waals surface area contributed by atoms with Crippen molar-refractivity contribution in [2.24, 2.45) is 11.8 Å². The summed E-state index contributed by atoms with van der Waals surface area (Å²) in [5, 5.41) is 3.70. The van der Waals surface area contributed by atoms with Gasteiger partial charge in [0.25, 0.3) is 0 Å². The van der Waals surface area contributed by atoms with Crippen LogP contribution in [0.1, 0.15) is 39.5 Å². The molecular weight excluding hydrogens is 184 g/mol. The van der Waals surface area contributed by atoms with Crippen LogP contribution >= 0.6 is 0 Å². The molecule has 2 rings (SSSR count). The Kier molecular flexibility index (Phi) is 4.04. The number of nitrogens with one attached hydrogen (secondary N) is 1. The monoisotopic (exact) mass is 210 g/mol. The highest BCUT2D eigenvalue weighted by Gasteiger charge is 2.25. The molecule has 0 aromatic heterocycles. The zero-order chi connectivity index (χ0) is 10.7. The summed E-state index contributed by atoms with van der Waals surface area (Å²) in [5.41, 5.74) is 0. The topological polar surface area (TPSA) is 15.3 Å². The zero-order valence-electron chi connectivity index (χ0n) is 10.3. The molecule has 1 atom stereocenters. The number of hydrogen-bond acceptors (Lipinski definition) is 2. The first-order valence-corrected chi connectivity index (χ1v) is 6.70. The van der Waals surface area contributed by atoms with E-state index in [1.165, 1.54) is 51.9 Å². The van der Waals surface area contributed by atoms with Gasteiger partial charge in [-0.15, -0.1) is 0 Å². The fourth-order valence-corrected chi connectivity index (χ4v) is 2.91. The largest absolute Gasteiger partial charge is 0.314 e. The predicted molar refractivity (Wildman–Crippen MR) is 65.0 cm³/mol. The van der Waals surface area contributed by atoms with Gasteiger partial charge < -0.3 is 10.2 Å². The van der Waals surface area contributed by atoms with E-state index in [2.05, 4.69) is 24.1 Å². The molecule has 1 aliphatic carbocycles. The van der Waals surface area contributed by atoms with E-state index in [4.69, 9.17) is 0 Å². The standard InChI is InChI=1S/C13H26N2/c1-11-7-13(8-11)14-9-12(2)10-15-5-3-4-6-15/h11-14H,3-10H2,1-2H3. The van der Waals surface area contributed by atoms with Crippen LogP contribution in [-0.4, -0.2) is 37.1 Å². The van der Waals surface area contributed by atoms with Crippen LogP contribution in [0.3, 0.4) is 0 Å². The normalized spacial score (nSPS) is 34.0. The second-order valence-corrected chi connectivity index (χ2v) is 5.79. The fraction of sp³-hybridized carbons (Fsp3) is 1.00. The number of hydrogen-bond donors (Lipinski definition) is 1. The van der Waals surface area contributed by atoms with Crippen LogP contribution < -0.4 is 5.32 Å². The van der Waals surface area contributed by atoms with Crippen molar-refractivity contribution in [3.05, 3.63) is 0 Å². The summed E-state index contributed by atoms with van der Waals surface area (Å²) in [7, 11) is 0. The molecule has 0 spiro atoms. The van der Waals surface area contributed by atoms with E-state index in [0.29, 0.717) is 0 Å². The minimum Gasteiger partial charge on any atom is -0.314 e. The van der Waals surface area contributed by atoms with Gasteiger partial charge in [-0.05, 0) is 57.2 Å². The van der Waals surface area contributed by atoms with Crippen molar-refractivity contribution >= 4 is 0 Å². The molecule has 0 amide bonds. The third kappa shape index (κ3) is 3.46. The summed E-state index contributed by atoms with van der Waals surface area (Å²) < 4.78 is 0. The number of rotatable bonds is 5. The lowest BCUT2D eigenvalue weighted by Crippen LogP contribution is -2.43. The average molecular weight is 210 g/mol. The molecule has 1 saturated heterocycles. The molecule has 88 valence electrons. The summed E-state index contributed by atoms with van der Waals surface area (Å²) in [6.45, 7) is 9.93. The Morgan fingerprint density at radius 3 is 2.53 bits per heavy atom. The highest BCUT2D eigenvalue weighted by molar-refractivity contribution is 4.83. The molecule has 2 heteroatoms. The van der Waals surface area contributed by atoms with Crippen molar-refractivity contribution in [3.63, 3.8) is 0 Å². The molecule has 1 saturated carbocycles. The van der Waals surface area contributed by atoms with Gasteiger partial charge >= 0.3 is 0 Å². The highest BCUT2D eigenvalue weighted by atomic mass is 15.1. The Labute approximate surface area is 94.4 Å². The molecule has 0 aromatic carbocycles. The maximum absolute atomic E-state index is 3.70. The van der Waals surface area contributed by atoms with E-state index in [1.54, 1.807) is 0 Å². The van der Waals surface area contributed by atoms with E-state index in [9.17, 15) is 0 Å². The van der Waals surface area contributed by atoms with Crippen molar-refractivity contribution < 1.29 is 0 Å². The number of nitrogens with zero attached hydrogens (tertiary/aromatic N) is 1. The van der Waals surface area contributed by atoms with Crippen molar-refractivity contribution in [3.8, 4) is 0 Å². The first-order chi connectivity index (χ1) is 7.24. The second kappa shape index (κ2) is 5.31. The zero-order valence-corrected chi connectivity index (χ0v) is 10.3. The van der Waals surface area contributed by atoms with Crippen LogP contribution in [-0.2, 0) is 0 Å². The Hall–Kier alpha value is -0.0800. The summed E-state index contributed by atoms with van der Waals surface area (Å²) in [6, 6.07) is 0.834. The predicted octanol–water partition coefficient (Wildman–Crippen LogP) is 2.11. The first kappa shape index (κ1) is 11.4. The van der Waals surface area contributed by atoms with E-state index in [0.717, 1.165) is 17.9 Å². The highest BCUT2D eigenvalue weighted by Crippen LogP contribution is 2.26.